The Hall–Kier alpha value is -2.16. The van der Waals surface area contributed by atoms with Gasteiger partial charge in [0.25, 0.3) is 0 Å². The summed E-state index contributed by atoms with van der Waals surface area (Å²) in [6.07, 6.45) is 7.05. The second kappa shape index (κ2) is 13.3. The van der Waals surface area contributed by atoms with Crippen molar-refractivity contribution >= 4 is 23.7 Å². The van der Waals surface area contributed by atoms with Crippen LogP contribution in [-0.2, 0) is 19.1 Å². The minimum atomic E-state index is -0.848. The van der Waals surface area contributed by atoms with Gasteiger partial charge in [0.05, 0.1) is 6.04 Å². The number of ether oxygens (including phenoxy) is 1. The lowest BCUT2D eigenvalue weighted by Gasteiger charge is -2.37. The van der Waals surface area contributed by atoms with E-state index in [1.54, 1.807) is 32.6 Å². The lowest BCUT2D eigenvalue weighted by atomic mass is 9.77. The summed E-state index contributed by atoms with van der Waals surface area (Å²) in [7, 11) is 1.50. The molecule has 0 bridgehead atoms. The Morgan fingerprint density at radius 2 is 1.61 bits per heavy atom. The van der Waals surface area contributed by atoms with Crippen LogP contribution in [0.25, 0.3) is 0 Å². The fourth-order valence-electron chi connectivity index (χ4n) is 5.55. The lowest BCUT2D eigenvalue weighted by molar-refractivity contribution is -0.144. The van der Waals surface area contributed by atoms with Crippen LogP contribution in [0, 0.1) is 17.3 Å². The summed E-state index contributed by atoms with van der Waals surface area (Å²) >= 11 is 0. The number of amides is 3. The van der Waals surface area contributed by atoms with Crippen molar-refractivity contribution in [2.24, 2.45) is 23.0 Å². The van der Waals surface area contributed by atoms with Crippen molar-refractivity contribution in [1.29, 1.82) is 0 Å². The zero-order valence-electron chi connectivity index (χ0n) is 25.0. The topological polar surface area (TPSA) is 122 Å². The molecule has 0 spiro atoms. The van der Waals surface area contributed by atoms with Crippen molar-refractivity contribution in [3.63, 3.8) is 0 Å². The molecule has 9 heteroatoms. The number of nitrogens with one attached hydrogen (secondary N) is 1. The normalized spacial score (nSPS) is 21.4. The molecule has 1 saturated heterocycles. The number of hydrogen-bond acceptors (Lipinski definition) is 6. The van der Waals surface area contributed by atoms with Gasteiger partial charge in [-0.2, -0.15) is 0 Å². The van der Waals surface area contributed by atoms with Crippen LogP contribution in [0.4, 0.5) is 4.79 Å². The highest BCUT2D eigenvalue weighted by molar-refractivity contribution is 5.95. The van der Waals surface area contributed by atoms with Gasteiger partial charge in [0.2, 0.25) is 11.8 Å². The van der Waals surface area contributed by atoms with E-state index in [0.29, 0.717) is 31.8 Å². The first-order chi connectivity index (χ1) is 17.6. The predicted molar refractivity (Wildman–Crippen MR) is 148 cm³/mol. The number of nitrogens with two attached hydrogens (primary N) is 1. The molecule has 0 aromatic rings. The molecule has 0 radical (unpaired) electrons. The van der Waals surface area contributed by atoms with E-state index >= 15 is 0 Å². The van der Waals surface area contributed by atoms with Gasteiger partial charge in [0, 0.05) is 20.0 Å². The third-order valence-electron chi connectivity index (χ3n) is 8.03. The van der Waals surface area contributed by atoms with Crippen LogP contribution in [0.2, 0.25) is 0 Å². The van der Waals surface area contributed by atoms with Gasteiger partial charge in [0.1, 0.15) is 17.7 Å². The van der Waals surface area contributed by atoms with Crippen molar-refractivity contribution < 1.29 is 23.9 Å². The largest absolute Gasteiger partial charge is 0.444 e. The van der Waals surface area contributed by atoms with Crippen molar-refractivity contribution in [3.8, 4) is 0 Å². The molecule has 0 unspecified atom stereocenters. The van der Waals surface area contributed by atoms with Gasteiger partial charge < -0.3 is 20.7 Å². The third kappa shape index (κ3) is 8.68. The third-order valence-corrected chi connectivity index (χ3v) is 8.03. The number of likely N-dealkylation sites (tertiary alicyclic amines) is 1. The van der Waals surface area contributed by atoms with Crippen LogP contribution in [-0.4, -0.2) is 77.4 Å². The molecule has 0 aromatic heterocycles. The minimum Gasteiger partial charge on any atom is -0.444 e. The molecule has 9 nitrogen and oxygen atoms in total. The number of carbonyl (C=O) groups is 4. The summed E-state index contributed by atoms with van der Waals surface area (Å²) in [4.78, 5) is 55.9. The number of Topliss-reactive ketones (excluding diaryl/α,β-unsaturated/α-hetero) is 1. The van der Waals surface area contributed by atoms with E-state index < -0.39 is 41.1 Å². The average molecular weight is 537 g/mol. The first-order valence-electron chi connectivity index (χ1n) is 14.4. The summed E-state index contributed by atoms with van der Waals surface area (Å²) in [6.45, 7) is 13.5. The number of likely N-dealkylation sites (N-methyl/N-ethyl adjacent to an activating group) is 1. The van der Waals surface area contributed by atoms with Crippen molar-refractivity contribution in [2.75, 3.05) is 20.1 Å². The maximum Gasteiger partial charge on any atom is 0.410 e. The van der Waals surface area contributed by atoms with E-state index in [1.165, 1.54) is 31.2 Å². The number of ketones is 1. The molecule has 4 atom stereocenters. The van der Waals surface area contributed by atoms with Gasteiger partial charge in [-0.1, -0.05) is 52.9 Å². The highest BCUT2D eigenvalue weighted by Gasteiger charge is 2.43. The quantitative estimate of drug-likeness (QED) is 0.461. The smallest absolute Gasteiger partial charge is 0.410 e. The summed E-state index contributed by atoms with van der Waals surface area (Å²) < 4.78 is 5.38. The zero-order chi connectivity index (χ0) is 28.8. The molecular weight excluding hydrogens is 484 g/mol. The van der Waals surface area contributed by atoms with E-state index in [1.807, 2.05) is 20.8 Å². The molecule has 2 aliphatic rings. The average Bonchev–Trinajstić information content (AvgIpc) is 3.33. The van der Waals surface area contributed by atoms with E-state index in [9.17, 15) is 19.2 Å². The Morgan fingerprint density at radius 1 is 1.00 bits per heavy atom. The number of hydrogen-bond donors (Lipinski definition) is 2. The van der Waals surface area contributed by atoms with Crippen molar-refractivity contribution in [3.05, 3.63) is 0 Å². The van der Waals surface area contributed by atoms with Crippen LogP contribution in [0.1, 0.15) is 99.8 Å². The molecule has 218 valence electrons. The molecule has 3 amide bonds. The molecule has 1 heterocycles. The first kappa shape index (κ1) is 32.1. The van der Waals surface area contributed by atoms with Crippen LogP contribution in [0.5, 0.6) is 0 Å². The summed E-state index contributed by atoms with van der Waals surface area (Å²) in [5.74, 6) is 0.00917. The summed E-state index contributed by atoms with van der Waals surface area (Å²) in [5.41, 5.74) is 4.80. The second-order valence-corrected chi connectivity index (χ2v) is 13.3. The van der Waals surface area contributed by atoms with E-state index in [0.717, 1.165) is 19.3 Å². The van der Waals surface area contributed by atoms with Crippen LogP contribution >= 0.6 is 0 Å². The summed E-state index contributed by atoms with van der Waals surface area (Å²) in [5, 5.41) is 2.88. The molecule has 2 rings (SSSR count). The fraction of sp³-hybridized carbons (Fsp3) is 0.862. The highest BCUT2D eigenvalue weighted by atomic mass is 16.6. The van der Waals surface area contributed by atoms with Crippen molar-refractivity contribution in [1.82, 2.24) is 15.1 Å². The van der Waals surface area contributed by atoms with Crippen molar-refractivity contribution in [2.45, 2.75) is 124 Å². The number of nitrogens with zero attached hydrogens (tertiary/aromatic N) is 2. The van der Waals surface area contributed by atoms with Gasteiger partial charge in [-0.15, -0.1) is 0 Å². The fourth-order valence-corrected chi connectivity index (χ4v) is 5.55. The molecule has 38 heavy (non-hydrogen) atoms. The maximum atomic E-state index is 13.8. The SMILES string of the molecule is C[C@@H](C(=O)N[C@H](C(=O)N1CCC[C@H]1C(=O)C[C@H](CN)C1CCCCC1)C(C)(C)C)N(C)C(=O)OC(C)(C)C. The Morgan fingerprint density at radius 3 is 2.13 bits per heavy atom. The molecule has 1 aliphatic carbocycles. The van der Waals surface area contributed by atoms with E-state index in [2.05, 4.69) is 5.32 Å². The van der Waals surface area contributed by atoms with E-state index in [4.69, 9.17) is 10.5 Å². The molecule has 1 aliphatic heterocycles. The van der Waals surface area contributed by atoms with Crippen LogP contribution in [0.15, 0.2) is 0 Å². The van der Waals surface area contributed by atoms with Crippen LogP contribution < -0.4 is 11.1 Å². The molecule has 2 fully saturated rings. The van der Waals surface area contributed by atoms with Gasteiger partial charge in [-0.25, -0.2) is 4.79 Å². The van der Waals surface area contributed by atoms with Gasteiger partial charge in [0.15, 0.2) is 5.78 Å². The first-order valence-corrected chi connectivity index (χ1v) is 14.4. The maximum absolute atomic E-state index is 13.8. The molecule has 0 aromatic carbocycles. The molecule has 1 saturated carbocycles. The number of carbonyl (C=O) groups excluding carboxylic acids is 4. The monoisotopic (exact) mass is 536 g/mol. The highest BCUT2D eigenvalue weighted by Crippen LogP contribution is 2.33. The zero-order valence-corrected chi connectivity index (χ0v) is 25.0. The Bertz CT molecular complexity index is 841. The van der Waals surface area contributed by atoms with Crippen LogP contribution in [0.3, 0.4) is 0 Å². The number of rotatable bonds is 9. The Labute approximate surface area is 229 Å². The Kier molecular flexibility index (Phi) is 11.2. The standard InChI is InChI=1S/C29H52N4O5/c1-19(32(8)27(37)38-29(5,6)7)25(35)31-24(28(2,3)4)26(36)33-16-12-15-22(33)23(34)17-21(18-30)20-13-10-9-11-14-20/h19-22,24H,9-18,30H2,1-8H3,(H,31,35)/t19-,21+,22-,24+/m0/s1. The molecular formula is C29H52N4O5. The summed E-state index contributed by atoms with van der Waals surface area (Å²) in [6, 6.07) is -2.18. The minimum absolute atomic E-state index is 0.0777. The van der Waals surface area contributed by atoms with Gasteiger partial charge in [-0.05, 0) is 64.3 Å². The Balaban J connectivity index is 2.12. The van der Waals surface area contributed by atoms with Gasteiger partial charge in [-0.3, -0.25) is 19.3 Å². The van der Waals surface area contributed by atoms with Gasteiger partial charge >= 0.3 is 6.09 Å². The second-order valence-electron chi connectivity index (χ2n) is 13.3. The van der Waals surface area contributed by atoms with E-state index in [-0.39, 0.29) is 17.6 Å². The predicted octanol–water partition coefficient (Wildman–Crippen LogP) is 3.88. The molecule has 3 N–H and O–H groups in total. The lowest BCUT2D eigenvalue weighted by Crippen LogP contribution is -2.59.